The minimum atomic E-state index is -5.14. The summed E-state index contributed by atoms with van der Waals surface area (Å²) in [6.45, 7) is 0. The predicted molar refractivity (Wildman–Crippen MR) is 50.4 cm³/mol. The average molecular weight is 244 g/mol. The van der Waals surface area contributed by atoms with E-state index in [4.69, 9.17) is 42.2 Å². The lowest BCUT2D eigenvalue weighted by Gasteiger charge is -2.19. The summed E-state index contributed by atoms with van der Waals surface area (Å²) in [5, 5.41) is 0. The number of nitrogens with two attached hydrogens (primary N) is 4. The van der Waals surface area contributed by atoms with E-state index in [-0.39, 0.29) is 11.9 Å². The van der Waals surface area contributed by atoms with E-state index in [1.807, 2.05) is 0 Å². The molecule has 0 heterocycles. The summed E-state index contributed by atoms with van der Waals surface area (Å²) in [7, 11) is -1.81. The van der Waals surface area contributed by atoms with Gasteiger partial charge in [-0.1, -0.05) is 0 Å². The van der Waals surface area contributed by atoms with Crippen LogP contribution in [0.2, 0.25) is 0 Å². The summed E-state index contributed by atoms with van der Waals surface area (Å²) in [6, 6.07) is 0. The van der Waals surface area contributed by atoms with Crippen LogP contribution < -0.4 is 42.7 Å². The van der Waals surface area contributed by atoms with Gasteiger partial charge in [0.1, 0.15) is 0 Å². The van der Waals surface area contributed by atoms with Crippen LogP contribution in [0.4, 0.5) is 0 Å². The van der Waals surface area contributed by atoms with Crippen LogP contribution in [0.3, 0.4) is 0 Å². The van der Waals surface area contributed by atoms with E-state index >= 15 is 0 Å². The lowest BCUT2D eigenvalue weighted by Crippen LogP contribution is -2.73. The molecule has 0 unspecified atom stereocenters. The number of hydrogen-bond donors (Lipinski definition) is 7. The molecule has 0 aliphatic heterocycles. The summed E-state index contributed by atoms with van der Waals surface area (Å²) < 4.78 is 8.66. The van der Waals surface area contributed by atoms with Crippen molar-refractivity contribution in [2.45, 2.75) is 0 Å². The molecule has 0 atom stereocenters. The number of hydrogen-bond acceptors (Lipinski definition) is 3. The van der Waals surface area contributed by atoms with E-state index in [0.717, 1.165) is 0 Å². The Hall–Kier alpha value is -1.35. The number of rotatable bonds is 0. The zero-order chi connectivity index (χ0) is 13.1. The SMILES string of the molecule is C[NH+]=C(N)N.C[NH+]=C(N)N.O=P([O-])([O-])O. The molecule has 92 valence electrons. The molecule has 0 spiro atoms. The summed E-state index contributed by atoms with van der Waals surface area (Å²) >= 11 is 0. The van der Waals surface area contributed by atoms with Crippen LogP contribution in [0.5, 0.6) is 0 Å². The second-order valence-corrected chi connectivity index (χ2v) is 2.82. The molecule has 10 nitrogen and oxygen atoms in total. The maximum absolute atomic E-state index is 8.66. The maximum atomic E-state index is 8.66. The number of nitrogens with one attached hydrogen (secondary N) is 2. The third-order valence-corrected chi connectivity index (χ3v) is 0.577. The lowest BCUT2D eigenvalue weighted by molar-refractivity contribution is -0.422. The van der Waals surface area contributed by atoms with Crippen molar-refractivity contribution >= 4 is 19.7 Å². The Kier molecular flexibility index (Phi) is 13.8. The largest absolute Gasteiger partial charge is 0.790 e. The molecule has 11 N–H and O–H groups in total. The third-order valence-electron chi connectivity index (χ3n) is 0.577. The van der Waals surface area contributed by atoms with Crippen molar-refractivity contribution in [2.75, 3.05) is 14.1 Å². The highest BCUT2D eigenvalue weighted by Crippen LogP contribution is 2.11. The van der Waals surface area contributed by atoms with Crippen LogP contribution in [0.1, 0.15) is 0 Å². The van der Waals surface area contributed by atoms with Crippen molar-refractivity contribution in [1.29, 1.82) is 0 Å². The molecule has 0 amide bonds. The standard InChI is InChI=1S/2C2H7N3.H3O4P/c2*1-5-2(3)4;1-5(2,3)4/h2*1H3,(H4,3,4,5);(H3,1,2,3,4). The minimum absolute atomic E-state index is 0.255. The molecular weight excluding hydrogens is 227 g/mol. The molecule has 0 saturated carbocycles. The van der Waals surface area contributed by atoms with Gasteiger partial charge in [0.25, 0.3) is 0 Å². The molecule has 11 heteroatoms. The molecule has 0 bridgehead atoms. The van der Waals surface area contributed by atoms with Crippen LogP contribution in [0, 0.1) is 0 Å². The van der Waals surface area contributed by atoms with E-state index in [2.05, 4.69) is 9.98 Å². The molecule has 0 fully saturated rings. The van der Waals surface area contributed by atoms with Crippen molar-refractivity contribution in [2.24, 2.45) is 22.9 Å². The zero-order valence-electron chi connectivity index (χ0n) is 8.43. The monoisotopic (exact) mass is 244 g/mol. The summed E-state index contributed by atoms with van der Waals surface area (Å²) in [4.78, 5) is 29.3. The quantitative estimate of drug-likeness (QED) is 0.123. The molecular formula is C4H17N6O4P. The Morgan fingerprint density at radius 2 is 1.13 bits per heavy atom. The Labute approximate surface area is 86.9 Å². The molecule has 0 aromatic carbocycles. The van der Waals surface area contributed by atoms with Gasteiger partial charge in [-0.25, -0.2) is 0 Å². The van der Waals surface area contributed by atoms with Crippen molar-refractivity contribution < 1.29 is 29.2 Å². The maximum Gasteiger partial charge on any atom is 0.338 e. The van der Waals surface area contributed by atoms with Crippen LogP contribution in [0.25, 0.3) is 0 Å². The van der Waals surface area contributed by atoms with E-state index in [1.54, 1.807) is 14.1 Å². The Morgan fingerprint density at radius 1 is 1.07 bits per heavy atom. The molecule has 0 aromatic rings. The lowest BCUT2D eigenvalue weighted by atomic mass is 11.1. The summed E-state index contributed by atoms with van der Waals surface area (Å²) in [5.74, 6) is 0.509. The smallest absolute Gasteiger partial charge is 0.338 e. The highest BCUT2D eigenvalue weighted by Gasteiger charge is 1.71. The molecule has 15 heavy (non-hydrogen) atoms. The number of phosphoric acid groups is 1. The van der Waals surface area contributed by atoms with Gasteiger partial charge in [-0.15, -0.1) is 0 Å². The Bertz CT molecular complexity index is 215. The highest BCUT2D eigenvalue weighted by molar-refractivity contribution is 7.42. The van der Waals surface area contributed by atoms with Crippen molar-refractivity contribution in [3.05, 3.63) is 0 Å². The van der Waals surface area contributed by atoms with Gasteiger partial charge < -0.3 is 19.2 Å². The third kappa shape index (κ3) is 204. The molecule has 0 radical (unpaired) electrons. The molecule has 0 saturated heterocycles. The fourth-order valence-corrected chi connectivity index (χ4v) is 0. The first-order valence-electron chi connectivity index (χ1n) is 3.40. The van der Waals surface area contributed by atoms with Crippen molar-refractivity contribution in [1.82, 2.24) is 0 Å². The fraction of sp³-hybridized carbons (Fsp3) is 0.500. The van der Waals surface area contributed by atoms with Gasteiger partial charge in [0, 0.05) is 0 Å². The van der Waals surface area contributed by atoms with Crippen molar-refractivity contribution in [3.8, 4) is 0 Å². The second-order valence-electron chi connectivity index (χ2n) is 1.88. The Morgan fingerprint density at radius 3 is 1.13 bits per heavy atom. The van der Waals surface area contributed by atoms with Gasteiger partial charge >= 0.3 is 11.9 Å². The summed E-state index contributed by atoms with van der Waals surface area (Å²) in [6.07, 6.45) is 0. The first-order valence-corrected chi connectivity index (χ1v) is 4.90. The predicted octanol–water partition coefficient (Wildman–Crippen LogP) is -8.25. The van der Waals surface area contributed by atoms with Gasteiger partial charge in [0.15, 0.2) is 0 Å². The molecule has 0 rings (SSSR count). The van der Waals surface area contributed by atoms with Crippen LogP contribution >= 0.6 is 7.82 Å². The van der Waals surface area contributed by atoms with Gasteiger partial charge in [-0.2, -0.15) is 0 Å². The highest BCUT2D eigenvalue weighted by atomic mass is 31.2. The van der Waals surface area contributed by atoms with E-state index in [1.165, 1.54) is 0 Å². The van der Waals surface area contributed by atoms with Gasteiger partial charge in [0.05, 0.1) is 21.9 Å². The molecule has 0 aromatic heterocycles. The van der Waals surface area contributed by atoms with Gasteiger partial charge in [-0.05, 0) is 0 Å². The summed E-state index contributed by atoms with van der Waals surface area (Å²) in [5.41, 5.74) is 19.5. The van der Waals surface area contributed by atoms with E-state index in [9.17, 15) is 0 Å². The zero-order valence-corrected chi connectivity index (χ0v) is 9.32. The Balaban J connectivity index is -0.000000144. The van der Waals surface area contributed by atoms with Crippen LogP contribution in [0.15, 0.2) is 0 Å². The first kappa shape index (κ1) is 19.3. The number of guanidine groups is 2. The fourth-order valence-electron chi connectivity index (χ4n) is 0. The molecule has 0 aliphatic rings. The van der Waals surface area contributed by atoms with Gasteiger partial charge in [0.2, 0.25) is 0 Å². The van der Waals surface area contributed by atoms with E-state index in [0.29, 0.717) is 0 Å². The normalized spacial score (nSPS) is 8.33. The average Bonchev–Trinajstić information content (AvgIpc) is 2.02. The van der Waals surface area contributed by atoms with Gasteiger partial charge in [-0.3, -0.25) is 32.9 Å². The first-order chi connectivity index (χ1) is 6.54. The van der Waals surface area contributed by atoms with E-state index < -0.39 is 7.82 Å². The minimum Gasteiger partial charge on any atom is -0.790 e. The van der Waals surface area contributed by atoms with Crippen molar-refractivity contribution in [3.63, 3.8) is 0 Å². The van der Waals surface area contributed by atoms with Crippen LogP contribution in [-0.2, 0) is 4.57 Å². The second kappa shape index (κ2) is 10.7. The van der Waals surface area contributed by atoms with Crippen LogP contribution in [-0.4, -0.2) is 30.9 Å². The topological polar surface area (TPSA) is 215 Å². The molecule has 0 aliphatic carbocycles.